The van der Waals surface area contributed by atoms with Crippen LogP contribution in [0.15, 0.2) is 23.1 Å². The van der Waals surface area contributed by atoms with Gasteiger partial charge in [-0.25, -0.2) is 13.1 Å². The van der Waals surface area contributed by atoms with Crippen LogP contribution in [0.2, 0.25) is 10.0 Å². The molecule has 0 atom stereocenters. The highest BCUT2D eigenvalue weighted by Gasteiger charge is 2.17. The Morgan fingerprint density at radius 3 is 2.65 bits per heavy atom. The van der Waals surface area contributed by atoms with E-state index in [2.05, 4.69) is 4.72 Å². The third-order valence-corrected chi connectivity index (χ3v) is 5.97. The molecule has 1 fully saturated rings. The number of halogens is 2. The zero-order valence-electron chi connectivity index (χ0n) is 12.7. The number of carbonyl (C=O) groups excluding carboxylic acids is 1. The van der Waals surface area contributed by atoms with Crippen LogP contribution in [0, 0.1) is 0 Å². The number of rotatable bonds is 6. The largest absolute Gasteiger partial charge is 0.343 e. The van der Waals surface area contributed by atoms with Gasteiger partial charge in [0.1, 0.15) is 0 Å². The van der Waals surface area contributed by atoms with Gasteiger partial charge in [0.15, 0.2) is 0 Å². The quantitative estimate of drug-likeness (QED) is 0.773. The maximum atomic E-state index is 12.2. The lowest BCUT2D eigenvalue weighted by Crippen LogP contribution is -2.34. The standard InChI is InChI=1S/C15H20Cl2N2O3S/c16-13-7-6-12(11-14(13)17)23(21,22)18-8-4-10-19-9-3-1-2-5-15(19)20/h6-7,11,18H,1-5,8-10H2. The summed E-state index contributed by atoms with van der Waals surface area (Å²) in [4.78, 5) is 13.8. The molecule has 0 radical (unpaired) electrons. The molecule has 0 saturated carbocycles. The normalized spacial score (nSPS) is 16.4. The molecule has 2 rings (SSSR count). The zero-order chi connectivity index (χ0) is 16.9. The van der Waals surface area contributed by atoms with Crippen molar-refractivity contribution >= 4 is 39.1 Å². The van der Waals surface area contributed by atoms with Crippen LogP contribution in [-0.2, 0) is 14.8 Å². The Kier molecular flexibility index (Phi) is 6.71. The number of likely N-dealkylation sites (tertiary alicyclic amines) is 1. The third-order valence-electron chi connectivity index (χ3n) is 3.77. The molecule has 0 aliphatic carbocycles. The third kappa shape index (κ3) is 5.35. The number of hydrogen-bond donors (Lipinski definition) is 1. The Balaban J connectivity index is 1.84. The molecule has 1 heterocycles. The van der Waals surface area contributed by atoms with Crippen molar-refractivity contribution < 1.29 is 13.2 Å². The molecule has 0 unspecified atom stereocenters. The van der Waals surface area contributed by atoms with Gasteiger partial charge in [0.25, 0.3) is 0 Å². The van der Waals surface area contributed by atoms with Gasteiger partial charge in [-0.3, -0.25) is 4.79 Å². The molecular weight excluding hydrogens is 359 g/mol. The maximum Gasteiger partial charge on any atom is 0.240 e. The fourth-order valence-electron chi connectivity index (χ4n) is 2.48. The first kappa shape index (κ1) is 18.5. The van der Waals surface area contributed by atoms with Crippen LogP contribution in [0.25, 0.3) is 0 Å². The fourth-order valence-corrected chi connectivity index (χ4v) is 3.94. The van der Waals surface area contributed by atoms with Crippen LogP contribution in [0.5, 0.6) is 0 Å². The van der Waals surface area contributed by atoms with E-state index in [1.807, 2.05) is 4.90 Å². The maximum absolute atomic E-state index is 12.2. The molecule has 23 heavy (non-hydrogen) atoms. The van der Waals surface area contributed by atoms with E-state index < -0.39 is 10.0 Å². The Labute approximate surface area is 147 Å². The lowest BCUT2D eigenvalue weighted by atomic mass is 10.2. The molecule has 8 heteroatoms. The molecule has 5 nitrogen and oxygen atoms in total. The van der Waals surface area contributed by atoms with E-state index in [9.17, 15) is 13.2 Å². The number of sulfonamides is 1. The molecule has 1 aliphatic heterocycles. The molecule has 0 spiro atoms. The summed E-state index contributed by atoms with van der Waals surface area (Å²) in [5.41, 5.74) is 0. The second kappa shape index (κ2) is 8.33. The summed E-state index contributed by atoms with van der Waals surface area (Å²) < 4.78 is 26.9. The van der Waals surface area contributed by atoms with Crippen molar-refractivity contribution in [3.05, 3.63) is 28.2 Å². The van der Waals surface area contributed by atoms with E-state index >= 15 is 0 Å². The number of hydrogen-bond acceptors (Lipinski definition) is 3. The minimum Gasteiger partial charge on any atom is -0.343 e. The summed E-state index contributed by atoms with van der Waals surface area (Å²) in [5.74, 6) is 0.162. The highest BCUT2D eigenvalue weighted by molar-refractivity contribution is 7.89. The van der Waals surface area contributed by atoms with Gasteiger partial charge in [0.2, 0.25) is 15.9 Å². The number of nitrogens with zero attached hydrogens (tertiary/aromatic N) is 1. The Bertz CT molecular complexity index is 665. The lowest BCUT2D eigenvalue weighted by molar-refractivity contribution is -0.130. The molecule has 1 aromatic rings. The Hall–Kier alpha value is -0.820. The summed E-state index contributed by atoms with van der Waals surface area (Å²) in [6, 6.07) is 4.19. The van der Waals surface area contributed by atoms with Gasteiger partial charge in [0, 0.05) is 26.1 Å². The summed E-state index contributed by atoms with van der Waals surface area (Å²) >= 11 is 11.6. The predicted molar refractivity (Wildman–Crippen MR) is 91.3 cm³/mol. The van der Waals surface area contributed by atoms with Crippen molar-refractivity contribution in [3.8, 4) is 0 Å². The molecule has 1 amide bonds. The van der Waals surface area contributed by atoms with Crippen molar-refractivity contribution in [2.24, 2.45) is 0 Å². The number of nitrogens with one attached hydrogen (secondary N) is 1. The fraction of sp³-hybridized carbons (Fsp3) is 0.533. The first-order valence-electron chi connectivity index (χ1n) is 7.62. The summed E-state index contributed by atoms with van der Waals surface area (Å²) in [6.45, 7) is 1.60. The smallest absolute Gasteiger partial charge is 0.240 e. The predicted octanol–water partition coefficient (Wildman–Crippen LogP) is 3.06. The Morgan fingerprint density at radius 1 is 1.13 bits per heavy atom. The average molecular weight is 379 g/mol. The monoisotopic (exact) mass is 378 g/mol. The van der Waals surface area contributed by atoms with Crippen LogP contribution >= 0.6 is 23.2 Å². The lowest BCUT2D eigenvalue weighted by Gasteiger charge is -2.20. The van der Waals surface area contributed by atoms with E-state index in [0.29, 0.717) is 24.4 Å². The minimum absolute atomic E-state index is 0.0812. The highest BCUT2D eigenvalue weighted by atomic mass is 35.5. The van der Waals surface area contributed by atoms with E-state index in [-0.39, 0.29) is 22.4 Å². The van der Waals surface area contributed by atoms with Gasteiger partial charge in [0.05, 0.1) is 14.9 Å². The van der Waals surface area contributed by atoms with Crippen molar-refractivity contribution in [1.82, 2.24) is 9.62 Å². The second-order valence-electron chi connectivity index (χ2n) is 5.52. The molecule has 128 valence electrons. The first-order chi connectivity index (χ1) is 10.9. The Morgan fingerprint density at radius 2 is 1.91 bits per heavy atom. The second-order valence-corrected chi connectivity index (χ2v) is 8.10. The number of carbonyl (C=O) groups is 1. The number of amides is 1. The van der Waals surface area contributed by atoms with Gasteiger partial charge >= 0.3 is 0 Å². The van der Waals surface area contributed by atoms with Crippen molar-refractivity contribution in [3.63, 3.8) is 0 Å². The first-order valence-corrected chi connectivity index (χ1v) is 9.86. The van der Waals surface area contributed by atoms with Crippen LogP contribution in [0.1, 0.15) is 32.1 Å². The van der Waals surface area contributed by atoms with E-state index in [1.54, 1.807) is 0 Å². The molecule has 0 bridgehead atoms. The molecular formula is C15H20Cl2N2O3S. The van der Waals surface area contributed by atoms with Gasteiger partial charge in [-0.05, 0) is 37.5 Å². The number of benzene rings is 1. The van der Waals surface area contributed by atoms with E-state index in [1.165, 1.54) is 18.2 Å². The minimum atomic E-state index is -3.62. The summed E-state index contributed by atoms with van der Waals surface area (Å²) in [7, 11) is -3.62. The molecule has 0 aromatic heterocycles. The topological polar surface area (TPSA) is 66.5 Å². The highest BCUT2D eigenvalue weighted by Crippen LogP contribution is 2.24. The molecule has 1 aromatic carbocycles. The van der Waals surface area contributed by atoms with E-state index in [0.717, 1.165) is 25.8 Å². The molecule has 1 saturated heterocycles. The van der Waals surface area contributed by atoms with Crippen molar-refractivity contribution in [2.75, 3.05) is 19.6 Å². The summed E-state index contributed by atoms with van der Waals surface area (Å²) in [5, 5.41) is 0.509. The van der Waals surface area contributed by atoms with Crippen molar-refractivity contribution in [1.29, 1.82) is 0 Å². The van der Waals surface area contributed by atoms with Crippen LogP contribution < -0.4 is 4.72 Å². The van der Waals surface area contributed by atoms with Gasteiger partial charge in [-0.1, -0.05) is 29.6 Å². The van der Waals surface area contributed by atoms with E-state index in [4.69, 9.17) is 23.2 Å². The summed E-state index contributed by atoms with van der Waals surface area (Å²) in [6.07, 6.45) is 4.20. The zero-order valence-corrected chi connectivity index (χ0v) is 15.1. The van der Waals surface area contributed by atoms with Crippen LogP contribution in [-0.4, -0.2) is 38.9 Å². The van der Waals surface area contributed by atoms with Crippen LogP contribution in [0.3, 0.4) is 0 Å². The average Bonchev–Trinajstić information content (AvgIpc) is 2.71. The van der Waals surface area contributed by atoms with Crippen molar-refractivity contribution in [2.45, 2.75) is 37.0 Å². The molecule has 1 aliphatic rings. The van der Waals surface area contributed by atoms with Crippen LogP contribution in [0.4, 0.5) is 0 Å². The SMILES string of the molecule is O=C1CCCCCN1CCCNS(=O)(=O)c1ccc(Cl)c(Cl)c1. The molecule has 1 N–H and O–H groups in total. The van der Waals surface area contributed by atoms with Gasteiger partial charge in [-0.2, -0.15) is 0 Å². The van der Waals surface area contributed by atoms with Gasteiger partial charge < -0.3 is 4.90 Å². The van der Waals surface area contributed by atoms with Gasteiger partial charge in [-0.15, -0.1) is 0 Å².